The van der Waals surface area contributed by atoms with E-state index in [0.717, 1.165) is 0 Å². The molecule has 0 saturated carbocycles. The second-order valence-corrected chi connectivity index (χ2v) is 6.08. The molecule has 134 valence electrons. The van der Waals surface area contributed by atoms with E-state index >= 15 is 0 Å². The van der Waals surface area contributed by atoms with Gasteiger partial charge in [-0.05, 0) is 18.8 Å². The molecule has 0 aromatic heterocycles. The van der Waals surface area contributed by atoms with E-state index in [1.54, 1.807) is 13.8 Å². The summed E-state index contributed by atoms with van der Waals surface area (Å²) in [6.07, 6.45) is -5.84. The van der Waals surface area contributed by atoms with E-state index in [9.17, 15) is 24.9 Å². The van der Waals surface area contributed by atoms with Crippen molar-refractivity contribution in [2.75, 3.05) is 6.61 Å². The summed E-state index contributed by atoms with van der Waals surface area (Å²) in [4.78, 5) is 22.3. The fourth-order valence-corrected chi connectivity index (χ4v) is 2.45. The van der Waals surface area contributed by atoms with Gasteiger partial charge in [0.15, 0.2) is 0 Å². The summed E-state index contributed by atoms with van der Waals surface area (Å²) in [5, 5.41) is 48.1. The van der Waals surface area contributed by atoms with Crippen LogP contribution in [-0.2, 0) is 19.1 Å². The van der Waals surface area contributed by atoms with Crippen LogP contribution in [0.2, 0.25) is 0 Å². The van der Waals surface area contributed by atoms with Gasteiger partial charge in [-0.15, -0.1) is 0 Å². The van der Waals surface area contributed by atoms with Gasteiger partial charge in [0.1, 0.15) is 24.9 Å². The zero-order valence-electron chi connectivity index (χ0n) is 13.2. The quantitative estimate of drug-likeness (QED) is 0.363. The fraction of sp³-hybridized carbons (Fsp3) is 0.857. The smallest absolute Gasteiger partial charge is 0.364 e. The number of aliphatic hydroxyl groups is 4. The van der Waals surface area contributed by atoms with Gasteiger partial charge in [-0.3, -0.25) is 0 Å². The summed E-state index contributed by atoms with van der Waals surface area (Å²) in [6.45, 7) is 3.97. The van der Waals surface area contributed by atoms with E-state index in [0.29, 0.717) is 0 Å². The van der Waals surface area contributed by atoms with Crippen LogP contribution in [0, 0.1) is 11.8 Å². The molecule has 0 radical (unpaired) electrons. The van der Waals surface area contributed by atoms with Crippen molar-refractivity contribution in [3.05, 3.63) is 0 Å². The Morgan fingerprint density at radius 2 is 1.87 bits per heavy atom. The predicted molar refractivity (Wildman–Crippen MR) is 75.1 cm³/mol. The zero-order chi connectivity index (χ0) is 17.9. The lowest BCUT2D eigenvalue weighted by atomic mass is 9.79. The van der Waals surface area contributed by atoms with Crippen molar-refractivity contribution in [2.24, 2.45) is 11.8 Å². The lowest BCUT2D eigenvalue weighted by Crippen LogP contribution is -2.58. The van der Waals surface area contributed by atoms with Crippen LogP contribution in [-0.4, -0.2) is 74.3 Å². The van der Waals surface area contributed by atoms with Crippen molar-refractivity contribution in [1.29, 1.82) is 0 Å². The molecule has 9 nitrogen and oxygen atoms in total. The molecule has 1 rings (SSSR count). The van der Waals surface area contributed by atoms with Gasteiger partial charge in [0.05, 0.1) is 6.10 Å². The number of carbonyl (C=O) groups excluding carboxylic acids is 1. The predicted octanol–water partition coefficient (Wildman–Crippen LogP) is -1.53. The second kappa shape index (κ2) is 7.54. The number of aliphatic hydroxyl groups excluding tert-OH is 3. The monoisotopic (exact) mass is 336 g/mol. The lowest BCUT2D eigenvalue weighted by Gasteiger charge is -2.44. The first kappa shape index (κ1) is 19.8. The third-order valence-electron chi connectivity index (χ3n) is 4.15. The van der Waals surface area contributed by atoms with E-state index < -0.39 is 48.7 Å². The molecule has 0 bridgehead atoms. The Kier molecular flexibility index (Phi) is 6.49. The number of carboxylic acids is 1. The molecule has 23 heavy (non-hydrogen) atoms. The van der Waals surface area contributed by atoms with E-state index in [2.05, 4.69) is 4.74 Å². The lowest BCUT2D eigenvalue weighted by molar-refractivity contribution is -0.294. The Labute approximate surface area is 133 Å². The Hall–Kier alpha value is -1.26. The number of esters is 1. The minimum absolute atomic E-state index is 0.153. The van der Waals surface area contributed by atoms with Crippen molar-refractivity contribution < 1.29 is 44.6 Å². The highest BCUT2D eigenvalue weighted by Gasteiger charge is 2.51. The van der Waals surface area contributed by atoms with Crippen LogP contribution in [0.1, 0.15) is 27.2 Å². The van der Waals surface area contributed by atoms with Crippen molar-refractivity contribution in [2.45, 2.75) is 57.4 Å². The molecule has 5 N–H and O–H groups in total. The molecule has 1 saturated heterocycles. The molecule has 1 aliphatic heterocycles. The van der Waals surface area contributed by atoms with Gasteiger partial charge >= 0.3 is 11.9 Å². The van der Waals surface area contributed by atoms with Crippen molar-refractivity contribution in [3.8, 4) is 0 Å². The van der Waals surface area contributed by atoms with Crippen LogP contribution in [0.3, 0.4) is 0 Å². The molecule has 7 atom stereocenters. The zero-order valence-corrected chi connectivity index (χ0v) is 13.2. The Bertz CT molecular complexity index is 438. The van der Waals surface area contributed by atoms with Gasteiger partial charge in [0.25, 0.3) is 5.79 Å². The van der Waals surface area contributed by atoms with E-state index in [-0.39, 0.29) is 18.3 Å². The number of ether oxygens (including phenoxy) is 2. The topological polar surface area (TPSA) is 154 Å². The number of rotatable bonds is 6. The highest BCUT2D eigenvalue weighted by molar-refractivity contribution is 5.75. The van der Waals surface area contributed by atoms with E-state index in [1.807, 2.05) is 0 Å². The van der Waals surface area contributed by atoms with Crippen LogP contribution >= 0.6 is 0 Å². The fourth-order valence-electron chi connectivity index (χ4n) is 2.45. The molecule has 0 spiro atoms. The first-order valence-corrected chi connectivity index (χ1v) is 7.34. The van der Waals surface area contributed by atoms with Crippen LogP contribution in [0.5, 0.6) is 0 Å². The molecule has 0 amide bonds. The highest BCUT2D eigenvalue weighted by Crippen LogP contribution is 2.37. The highest BCUT2D eigenvalue weighted by atomic mass is 16.7. The minimum atomic E-state index is -2.45. The van der Waals surface area contributed by atoms with Crippen molar-refractivity contribution >= 4 is 11.9 Å². The normalized spacial score (nSPS) is 35.2. The van der Waals surface area contributed by atoms with Crippen molar-refractivity contribution in [3.63, 3.8) is 0 Å². The summed E-state index contributed by atoms with van der Waals surface area (Å²) in [6, 6.07) is 0. The van der Waals surface area contributed by atoms with Gasteiger partial charge in [-0.25, -0.2) is 9.59 Å². The van der Waals surface area contributed by atoms with E-state index in [4.69, 9.17) is 14.9 Å². The van der Waals surface area contributed by atoms with Gasteiger partial charge in [0.2, 0.25) is 0 Å². The van der Waals surface area contributed by atoms with Gasteiger partial charge in [0, 0.05) is 6.42 Å². The molecule has 9 heteroatoms. The molecule has 1 heterocycles. The average molecular weight is 336 g/mol. The molecule has 0 aromatic rings. The molecule has 1 fully saturated rings. The van der Waals surface area contributed by atoms with Gasteiger partial charge in [-0.2, -0.15) is 0 Å². The molecule has 0 aromatic carbocycles. The van der Waals surface area contributed by atoms with Crippen LogP contribution in [0.4, 0.5) is 0 Å². The summed E-state index contributed by atoms with van der Waals surface area (Å²) >= 11 is 0. The molecule has 1 aliphatic rings. The number of aliphatic carboxylic acids is 1. The van der Waals surface area contributed by atoms with E-state index in [1.165, 1.54) is 6.92 Å². The first-order chi connectivity index (χ1) is 10.5. The summed E-state index contributed by atoms with van der Waals surface area (Å²) in [5.41, 5.74) is 0. The Morgan fingerprint density at radius 1 is 1.30 bits per heavy atom. The Balaban J connectivity index is 2.77. The maximum atomic E-state index is 11.1. The van der Waals surface area contributed by atoms with Crippen LogP contribution in [0.15, 0.2) is 0 Å². The second-order valence-electron chi connectivity index (χ2n) is 6.08. The molecule has 7 unspecified atom stereocenters. The van der Waals surface area contributed by atoms with Crippen LogP contribution < -0.4 is 0 Å². The standard InChI is InChI=1S/C14H24O9/c1-6-4-14(21,13(19)20)23-11(7(6)2)10(17)9(16)5-22-12(18)8(3)15/h6-11,15-17,21H,4-5H2,1-3H3,(H,19,20). The maximum Gasteiger partial charge on any atom is 0.364 e. The SMILES string of the molecule is CC(O)C(=O)OCC(O)C(O)C1OC(O)(C(=O)O)CC(C)C1C. The number of hydrogen-bond acceptors (Lipinski definition) is 8. The van der Waals surface area contributed by atoms with Crippen molar-refractivity contribution in [1.82, 2.24) is 0 Å². The summed E-state index contributed by atoms with van der Waals surface area (Å²) in [7, 11) is 0. The number of carboxylic acid groups (broad SMARTS) is 1. The first-order valence-electron chi connectivity index (χ1n) is 7.34. The molecular formula is C14H24O9. The number of carbonyl (C=O) groups is 2. The van der Waals surface area contributed by atoms with Gasteiger partial charge in [-0.1, -0.05) is 13.8 Å². The van der Waals surface area contributed by atoms with Crippen LogP contribution in [0.25, 0.3) is 0 Å². The summed E-state index contributed by atoms with van der Waals surface area (Å²) < 4.78 is 9.72. The molecule has 0 aliphatic carbocycles. The largest absolute Gasteiger partial charge is 0.477 e. The Morgan fingerprint density at radius 3 is 2.35 bits per heavy atom. The number of hydrogen-bond donors (Lipinski definition) is 5. The average Bonchev–Trinajstić information content (AvgIpc) is 2.47. The molecular weight excluding hydrogens is 312 g/mol. The van der Waals surface area contributed by atoms with Gasteiger partial charge < -0.3 is 35.0 Å². The maximum absolute atomic E-state index is 11.1. The third-order valence-corrected chi connectivity index (χ3v) is 4.15. The summed E-state index contributed by atoms with van der Waals surface area (Å²) in [5.74, 6) is -5.65. The minimum Gasteiger partial charge on any atom is -0.477 e. The third kappa shape index (κ3) is 4.61.